The number of halogens is 1. The molecule has 1 amide bonds. The zero-order valence-corrected chi connectivity index (χ0v) is 13.3. The molecule has 2 rings (SSSR count). The summed E-state index contributed by atoms with van der Waals surface area (Å²) in [7, 11) is 1.46. The fourth-order valence-corrected chi connectivity index (χ4v) is 2.48. The van der Waals surface area contributed by atoms with Crippen LogP contribution in [0.2, 0.25) is 0 Å². The van der Waals surface area contributed by atoms with Crippen LogP contribution >= 0.6 is 0 Å². The molecule has 1 aliphatic heterocycles. The lowest BCUT2D eigenvalue weighted by Crippen LogP contribution is -2.55. The minimum absolute atomic E-state index is 0.0265. The zero-order valence-electron chi connectivity index (χ0n) is 13.3. The Kier molecular flexibility index (Phi) is 5.37. The number of carbonyl (C=O) groups excluding carboxylic acids is 1. The molecule has 1 aromatic carbocycles. The van der Waals surface area contributed by atoms with Crippen molar-refractivity contribution in [2.24, 2.45) is 0 Å². The van der Waals surface area contributed by atoms with Crippen LogP contribution in [0.3, 0.4) is 0 Å². The maximum absolute atomic E-state index is 13.9. The van der Waals surface area contributed by atoms with Gasteiger partial charge in [0.15, 0.2) is 0 Å². The second kappa shape index (κ2) is 7.07. The van der Waals surface area contributed by atoms with Crippen molar-refractivity contribution in [1.29, 1.82) is 0 Å². The number of hydrogen-bond acceptors (Lipinski definition) is 4. The summed E-state index contributed by atoms with van der Waals surface area (Å²) < 4.78 is 24.2. The van der Waals surface area contributed by atoms with Crippen molar-refractivity contribution >= 4 is 5.91 Å². The molecule has 0 radical (unpaired) electrons. The Bertz CT molecular complexity index is 528. The number of carbonyl (C=O) groups is 1. The second-order valence-corrected chi connectivity index (χ2v) is 5.94. The average molecular weight is 310 g/mol. The molecule has 0 atom stereocenters. The van der Waals surface area contributed by atoms with Crippen LogP contribution in [-0.4, -0.2) is 56.3 Å². The molecule has 1 fully saturated rings. The monoisotopic (exact) mass is 310 g/mol. The van der Waals surface area contributed by atoms with Gasteiger partial charge in [-0.05, 0) is 26.0 Å². The van der Waals surface area contributed by atoms with E-state index in [1.54, 1.807) is 6.07 Å². The molecule has 0 aromatic heterocycles. The van der Waals surface area contributed by atoms with Crippen molar-refractivity contribution in [3.05, 3.63) is 29.6 Å². The molecule has 5 nitrogen and oxygen atoms in total. The third-order valence-electron chi connectivity index (χ3n) is 3.97. The molecule has 122 valence electrons. The van der Waals surface area contributed by atoms with Gasteiger partial charge in [-0.3, -0.25) is 9.69 Å². The lowest BCUT2D eigenvalue weighted by atomic mass is 10.0. The average Bonchev–Trinajstić information content (AvgIpc) is 2.53. The minimum Gasteiger partial charge on any atom is -0.497 e. The van der Waals surface area contributed by atoms with Crippen molar-refractivity contribution in [3.63, 3.8) is 0 Å². The highest BCUT2D eigenvalue weighted by Gasteiger charge is 2.29. The summed E-state index contributed by atoms with van der Waals surface area (Å²) in [5, 5.41) is 2.81. The Balaban J connectivity index is 1.97. The van der Waals surface area contributed by atoms with Crippen LogP contribution in [0.5, 0.6) is 5.75 Å². The van der Waals surface area contributed by atoms with Gasteiger partial charge in [0.1, 0.15) is 11.6 Å². The van der Waals surface area contributed by atoms with Crippen LogP contribution in [0.1, 0.15) is 24.2 Å². The lowest BCUT2D eigenvalue weighted by molar-refractivity contribution is -0.00924. The van der Waals surface area contributed by atoms with Crippen LogP contribution in [0.15, 0.2) is 18.2 Å². The number of nitrogens with one attached hydrogen (secondary N) is 1. The van der Waals surface area contributed by atoms with E-state index in [4.69, 9.17) is 9.47 Å². The summed E-state index contributed by atoms with van der Waals surface area (Å²) in [4.78, 5) is 14.4. The Morgan fingerprint density at radius 2 is 2.09 bits per heavy atom. The number of amides is 1. The molecule has 1 aromatic rings. The van der Waals surface area contributed by atoms with Crippen LogP contribution in [0.25, 0.3) is 0 Å². The Hall–Kier alpha value is -1.66. The Labute approximate surface area is 130 Å². The maximum Gasteiger partial charge on any atom is 0.254 e. The molecule has 0 unspecified atom stereocenters. The van der Waals surface area contributed by atoms with Crippen molar-refractivity contribution in [1.82, 2.24) is 10.2 Å². The molecule has 1 saturated heterocycles. The van der Waals surface area contributed by atoms with E-state index in [9.17, 15) is 9.18 Å². The molecule has 6 heteroatoms. The number of hydrogen-bond donors (Lipinski definition) is 1. The third kappa shape index (κ3) is 3.96. The normalized spacial score (nSPS) is 16.4. The highest BCUT2D eigenvalue weighted by Crippen LogP contribution is 2.18. The Morgan fingerprint density at radius 1 is 1.41 bits per heavy atom. The van der Waals surface area contributed by atoms with Gasteiger partial charge in [0.05, 0.1) is 25.9 Å². The van der Waals surface area contributed by atoms with Gasteiger partial charge in [-0.1, -0.05) is 0 Å². The first-order chi connectivity index (χ1) is 10.4. The fourth-order valence-electron chi connectivity index (χ4n) is 2.48. The van der Waals surface area contributed by atoms with Gasteiger partial charge in [-0.15, -0.1) is 0 Å². The number of ether oxygens (including phenoxy) is 2. The largest absolute Gasteiger partial charge is 0.497 e. The molecule has 0 bridgehead atoms. The summed E-state index contributed by atoms with van der Waals surface area (Å²) in [6.45, 7) is 7.62. The number of methoxy groups -OCH3 is 1. The van der Waals surface area contributed by atoms with Crippen LogP contribution in [0, 0.1) is 5.82 Å². The first-order valence-electron chi connectivity index (χ1n) is 7.38. The molecular weight excluding hydrogens is 287 g/mol. The smallest absolute Gasteiger partial charge is 0.254 e. The van der Waals surface area contributed by atoms with E-state index < -0.39 is 11.7 Å². The molecule has 1 heterocycles. The summed E-state index contributed by atoms with van der Waals surface area (Å²) in [6, 6.07) is 4.22. The molecule has 1 N–H and O–H groups in total. The minimum atomic E-state index is -0.582. The summed E-state index contributed by atoms with van der Waals surface area (Å²) in [6.07, 6.45) is 0. The van der Waals surface area contributed by atoms with Gasteiger partial charge in [-0.2, -0.15) is 0 Å². The van der Waals surface area contributed by atoms with Crippen molar-refractivity contribution in [2.45, 2.75) is 19.4 Å². The predicted octanol–water partition coefficient (Wildman–Crippen LogP) is 1.67. The SMILES string of the molecule is COc1ccc(C(=O)NCC(C)(C)N2CCOCC2)c(F)c1. The molecule has 0 spiro atoms. The fraction of sp³-hybridized carbons (Fsp3) is 0.562. The lowest BCUT2D eigenvalue weighted by Gasteiger charge is -2.40. The predicted molar refractivity (Wildman–Crippen MR) is 81.8 cm³/mol. The quantitative estimate of drug-likeness (QED) is 0.899. The molecule has 22 heavy (non-hydrogen) atoms. The van der Waals surface area contributed by atoms with Crippen molar-refractivity contribution in [3.8, 4) is 5.75 Å². The number of nitrogens with zero attached hydrogens (tertiary/aromatic N) is 1. The van der Waals surface area contributed by atoms with E-state index in [0.29, 0.717) is 25.5 Å². The second-order valence-electron chi connectivity index (χ2n) is 5.94. The first-order valence-corrected chi connectivity index (χ1v) is 7.38. The first kappa shape index (κ1) is 16.7. The Morgan fingerprint density at radius 3 is 2.68 bits per heavy atom. The van der Waals surface area contributed by atoms with Gasteiger partial charge >= 0.3 is 0 Å². The summed E-state index contributed by atoms with van der Waals surface area (Å²) >= 11 is 0. The van der Waals surface area contributed by atoms with Crippen molar-refractivity contribution in [2.75, 3.05) is 40.0 Å². The van der Waals surface area contributed by atoms with E-state index in [1.165, 1.54) is 19.2 Å². The van der Waals surface area contributed by atoms with Gasteiger partial charge < -0.3 is 14.8 Å². The third-order valence-corrected chi connectivity index (χ3v) is 3.97. The molecule has 1 aliphatic rings. The van der Waals surface area contributed by atoms with Gasteiger partial charge in [-0.25, -0.2) is 4.39 Å². The van der Waals surface area contributed by atoms with Gasteiger partial charge in [0.25, 0.3) is 5.91 Å². The van der Waals surface area contributed by atoms with Gasteiger partial charge in [0, 0.05) is 31.2 Å². The standard InChI is InChI=1S/C16H23FN2O3/c1-16(2,19-6-8-22-9-7-19)11-18-15(20)13-5-4-12(21-3)10-14(13)17/h4-5,10H,6-9,11H2,1-3H3,(H,18,20). The topological polar surface area (TPSA) is 50.8 Å². The van der Waals surface area contributed by atoms with Crippen LogP contribution < -0.4 is 10.1 Å². The molecule has 0 aliphatic carbocycles. The van der Waals surface area contributed by atoms with E-state index in [1.807, 2.05) is 0 Å². The van der Waals surface area contributed by atoms with Crippen LogP contribution in [-0.2, 0) is 4.74 Å². The van der Waals surface area contributed by atoms with E-state index >= 15 is 0 Å². The number of morpholine rings is 1. The number of benzene rings is 1. The number of rotatable bonds is 5. The van der Waals surface area contributed by atoms with E-state index in [2.05, 4.69) is 24.1 Å². The van der Waals surface area contributed by atoms with Crippen LogP contribution in [0.4, 0.5) is 4.39 Å². The summed E-state index contributed by atoms with van der Waals surface area (Å²) in [5.41, 5.74) is -0.180. The maximum atomic E-state index is 13.9. The highest BCUT2D eigenvalue weighted by molar-refractivity contribution is 5.94. The van der Waals surface area contributed by atoms with Gasteiger partial charge in [0.2, 0.25) is 0 Å². The summed E-state index contributed by atoms with van der Waals surface area (Å²) in [5.74, 6) is -0.606. The molecular formula is C16H23FN2O3. The highest BCUT2D eigenvalue weighted by atomic mass is 19.1. The van der Waals surface area contributed by atoms with Crippen molar-refractivity contribution < 1.29 is 18.7 Å². The van der Waals surface area contributed by atoms with E-state index in [0.717, 1.165) is 13.1 Å². The molecule has 0 saturated carbocycles. The van der Waals surface area contributed by atoms with E-state index in [-0.39, 0.29) is 11.1 Å². The zero-order chi connectivity index (χ0) is 16.2.